The minimum atomic E-state index is 0.333. The van der Waals surface area contributed by atoms with Gasteiger partial charge in [0.25, 0.3) is 0 Å². The summed E-state index contributed by atoms with van der Waals surface area (Å²) in [5.74, 6) is 0.715. The number of hydrogen-bond acceptors (Lipinski definition) is 1. The number of nitrogens with one attached hydrogen (secondary N) is 1. The summed E-state index contributed by atoms with van der Waals surface area (Å²) in [4.78, 5) is 0. The lowest BCUT2D eigenvalue weighted by Crippen LogP contribution is -2.43. The molecular weight excluding hydrogens is 110 g/mol. The standard InChI is InChI=1S/C8H19N/c1-6-8(4,9-5)7(2)3/h7,9H,6H2,1-5H3/t8-/m0/s1. The minimum Gasteiger partial charge on any atom is -0.314 e. The molecule has 0 saturated carbocycles. The van der Waals surface area contributed by atoms with Crippen molar-refractivity contribution in [1.82, 2.24) is 5.32 Å². The van der Waals surface area contributed by atoms with Crippen molar-refractivity contribution >= 4 is 0 Å². The lowest BCUT2D eigenvalue weighted by atomic mass is 9.86. The molecule has 0 bridgehead atoms. The van der Waals surface area contributed by atoms with Crippen LogP contribution in [0.4, 0.5) is 0 Å². The maximum atomic E-state index is 3.33. The van der Waals surface area contributed by atoms with E-state index >= 15 is 0 Å². The molecule has 0 aliphatic carbocycles. The van der Waals surface area contributed by atoms with Gasteiger partial charge in [-0.15, -0.1) is 0 Å². The van der Waals surface area contributed by atoms with Gasteiger partial charge in [0, 0.05) is 5.54 Å². The molecule has 0 rings (SSSR count). The third kappa shape index (κ3) is 1.98. The molecule has 0 aliphatic rings. The average Bonchev–Trinajstić information content (AvgIpc) is 1.86. The van der Waals surface area contributed by atoms with Crippen molar-refractivity contribution in [3.05, 3.63) is 0 Å². The predicted octanol–water partition coefficient (Wildman–Crippen LogP) is 2.03. The number of rotatable bonds is 3. The molecule has 0 heterocycles. The van der Waals surface area contributed by atoms with Crippen LogP contribution in [0, 0.1) is 5.92 Å². The normalized spacial score (nSPS) is 18.0. The van der Waals surface area contributed by atoms with Gasteiger partial charge in [-0.05, 0) is 26.3 Å². The molecule has 0 aromatic carbocycles. The summed E-state index contributed by atoms with van der Waals surface area (Å²) < 4.78 is 0. The van der Waals surface area contributed by atoms with Crippen LogP contribution in [0.5, 0.6) is 0 Å². The Balaban J connectivity index is 3.92. The molecule has 1 N–H and O–H groups in total. The van der Waals surface area contributed by atoms with Crippen LogP contribution in [0.15, 0.2) is 0 Å². The lowest BCUT2D eigenvalue weighted by Gasteiger charge is -2.32. The Morgan fingerprint density at radius 3 is 1.89 bits per heavy atom. The predicted molar refractivity (Wildman–Crippen MR) is 42.6 cm³/mol. The first-order valence-corrected chi connectivity index (χ1v) is 3.75. The van der Waals surface area contributed by atoms with Crippen LogP contribution in [0.25, 0.3) is 0 Å². The minimum absolute atomic E-state index is 0.333. The van der Waals surface area contributed by atoms with Crippen molar-refractivity contribution in [2.45, 2.75) is 39.7 Å². The van der Waals surface area contributed by atoms with Crippen molar-refractivity contribution in [3.8, 4) is 0 Å². The molecule has 0 aromatic heterocycles. The first-order valence-electron chi connectivity index (χ1n) is 3.75. The van der Waals surface area contributed by atoms with E-state index in [0.717, 1.165) is 0 Å². The SMILES string of the molecule is CC[C@](C)(NC)C(C)C. The molecule has 1 nitrogen and oxygen atoms in total. The second-order valence-electron chi connectivity index (χ2n) is 3.18. The monoisotopic (exact) mass is 129 g/mol. The van der Waals surface area contributed by atoms with Crippen molar-refractivity contribution in [1.29, 1.82) is 0 Å². The Labute approximate surface area is 58.8 Å². The van der Waals surface area contributed by atoms with E-state index < -0.39 is 0 Å². The van der Waals surface area contributed by atoms with Crippen LogP contribution < -0.4 is 5.32 Å². The number of hydrogen-bond donors (Lipinski definition) is 1. The van der Waals surface area contributed by atoms with Crippen LogP contribution >= 0.6 is 0 Å². The summed E-state index contributed by atoms with van der Waals surface area (Å²) in [6.45, 7) is 8.98. The molecule has 0 fully saturated rings. The summed E-state index contributed by atoms with van der Waals surface area (Å²) >= 11 is 0. The van der Waals surface area contributed by atoms with Gasteiger partial charge in [-0.3, -0.25) is 0 Å². The van der Waals surface area contributed by atoms with Crippen molar-refractivity contribution < 1.29 is 0 Å². The second-order valence-corrected chi connectivity index (χ2v) is 3.18. The molecule has 0 spiro atoms. The Kier molecular flexibility index (Phi) is 3.20. The summed E-state index contributed by atoms with van der Waals surface area (Å²) in [6, 6.07) is 0. The molecule has 1 atom stereocenters. The molecule has 0 saturated heterocycles. The molecular formula is C8H19N. The molecule has 0 amide bonds. The van der Waals surface area contributed by atoms with Crippen molar-refractivity contribution in [3.63, 3.8) is 0 Å². The van der Waals surface area contributed by atoms with Crippen LogP contribution in [-0.4, -0.2) is 12.6 Å². The second kappa shape index (κ2) is 3.21. The summed E-state index contributed by atoms with van der Waals surface area (Å²) in [5.41, 5.74) is 0.333. The zero-order valence-electron chi connectivity index (χ0n) is 7.28. The van der Waals surface area contributed by atoms with E-state index in [4.69, 9.17) is 0 Å². The zero-order chi connectivity index (χ0) is 7.49. The fourth-order valence-corrected chi connectivity index (χ4v) is 0.874. The van der Waals surface area contributed by atoms with Gasteiger partial charge in [0.15, 0.2) is 0 Å². The highest BCUT2D eigenvalue weighted by atomic mass is 14.9. The molecule has 0 radical (unpaired) electrons. The van der Waals surface area contributed by atoms with E-state index in [-0.39, 0.29) is 0 Å². The zero-order valence-corrected chi connectivity index (χ0v) is 7.28. The van der Waals surface area contributed by atoms with Gasteiger partial charge in [0.1, 0.15) is 0 Å². The highest BCUT2D eigenvalue weighted by Gasteiger charge is 2.22. The highest BCUT2D eigenvalue weighted by molar-refractivity contribution is 4.82. The Bertz CT molecular complexity index is 72.6. The Morgan fingerprint density at radius 1 is 1.44 bits per heavy atom. The molecule has 56 valence electrons. The third-order valence-corrected chi connectivity index (χ3v) is 2.58. The molecule has 0 unspecified atom stereocenters. The first-order chi connectivity index (χ1) is 4.06. The van der Waals surface area contributed by atoms with Gasteiger partial charge >= 0.3 is 0 Å². The van der Waals surface area contributed by atoms with Crippen LogP contribution in [0.1, 0.15) is 34.1 Å². The first kappa shape index (κ1) is 8.96. The van der Waals surface area contributed by atoms with Gasteiger partial charge in [-0.2, -0.15) is 0 Å². The van der Waals surface area contributed by atoms with E-state index in [0.29, 0.717) is 11.5 Å². The summed E-state index contributed by atoms with van der Waals surface area (Å²) in [5, 5.41) is 3.33. The van der Waals surface area contributed by atoms with Crippen molar-refractivity contribution in [2.24, 2.45) is 5.92 Å². The molecule has 0 aliphatic heterocycles. The van der Waals surface area contributed by atoms with Gasteiger partial charge in [-0.25, -0.2) is 0 Å². The molecule has 1 heteroatoms. The van der Waals surface area contributed by atoms with Gasteiger partial charge in [0.05, 0.1) is 0 Å². The van der Waals surface area contributed by atoms with E-state index in [2.05, 4.69) is 33.0 Å². The van der Waals surface area contributed by atoms with E-state index in [9.17, 15) is 0 Å². The smallest absolute Gasteiger partial charge is 0.0170 e. The fourth-order valence-electron chi connectivity index (χ4n) is 0.874. The van der Waals surface area contributed by atoms with Crippen molar-refractivity contribution in [2.75, 3.05) is 7.05 Å². The van der Waals surface area contributed by atoms with Crippen LogP contribution in [-0.2, 0) is 0 Å². The lowest BCUT2D eigenvalue weighted by molar-refractivity contribution is 0.270. The van der Waals surface area contributed by atoms with E-state index in [1.165, 1.54) is 6.42 Å². The molecule has 0 aromatic rings. The quantitative estimate of drug-likeness (QED) is 0.615. The Hall–Kier alpha value is -0.0400. The highest BCUT2D eigenvalue weighted by Crippen LogP contribution is 2.18. The molecule has 9 heavy (non-hydrogen) atoms. The fraction of sp³-hybridized carbons (Fsp3) is 1.00. The van der Waals surface area contributed by atoms with Crippen LogP contribution in [0.3, 0.4) is 0 Å². The van der Waals surface area contributed by atoms with Crippen LogP contribution in [0.2, 0.25) is 0 Å². The van der Waals surface area contributed by atoms with Gasteiger partial charge in [0.2, 0.25) is 0 Å². The largest absolute Gasteiger partial charge is 0.314 e. The maximum absolute atomic E-state index is 3.33. The third-order valence-electron chi connectivity index (χ3n) is 2.58. The summed E-state index contributed by atoms with van der Waals surface area (Å²) in [6.07, 6.45) is 1.20. The van der Waals surface area contributed by atoms with E-state index in [1.807, 2.05) is 7.05 Å². The topological polar surface area (TPSA) is 12.0 Å². The van der Waals surface area contributed by atoms with E-state index in [1.54, 1.807) is 0 Å². The summed E-state index contributed by atoms with van der Waals surface area (Å²) in [7, 11) is 2.03. The Morgan fingerprint density at radius 2 is 1.89 bits per heavy atom. The van der Waals surface area contributed by atoms with Gasteiger partial charge in [-0.1, -0.05) is 20.8 Å². The maximum Gasteiger partial charge on any atom is 0.0170 e. The average molecular weight is 129 g/mol. The van der Waals surface area contributed by atoms with Gasteiger partial charge < -0.3 is 5.32 Å².